The van der Waals surface area contributed by atoms with E-state index in [0.717, 1.165) is 11.3 Å². The summed E-state index contributed by atoms with van der Waals surface area (Å²) in [6, 6.07) is 16.7. The summed E-state index contributed by atoms with van der Waals surface area (Å²) < 4.78 is 8.39. The molecule has 0 fully saturated rings. The summed E-state index contributed by atoms with van der Waals surface area (Å²) in [6.45, 7) is 3.95. The fourth-order valence-corrected chi connectivity index (χ4v) is 2.85. The predicted molar refractivity (Wildman–Crippen MR) is 104 cm³/mol. The smallest absolute Gasteiger partial charge is 0.355 e. The number of nitrogen functional groups attached to an aromatic ring is 1. The lowest BCUT2D eigenvalue weighted by Gasteiger charge is -2.10. The summed E-state index contributed by atoms with van der Waals surface area (Å²) in [5.41, 5.74) is 8.20. The van der Waals surface area contributed by atoms with Gasteiger partial charge in [-0.2, -0.15) is 4.68 Å². The first-order chi connectivity index (χ1) is 13.0. The highest BCUT2D eigenvalue weighted by atomic mass is 16.5. The van der Waals surface area contributed by atoms with Crippen LogP contribution in [0.1, 0.15) is 13.8 Å². The Morgan fingerprint density at radius 1 is 1.04 bits per heavy atom. The highest BCUT2D eigenvalue weighted by Crippen LogP contribution is 2.23. The number of hydrogen-bond acceptors (Lipinski definition) is 5. The van der Waals surface area contributed by atoms with E-state index in [1.54, 1.807) is 6.20 Å². The molecule has 0 bridgehead atoms. The third kappa shape index (κ3) is 3.15. The summed E-state index contributed by atoms with van der Waals surface area (Å²) >= 11 is 0. The normalized spacial score (nSPS) is 11.2. The zero-order valence-corrected chi connectivity index (χ0v) is 15.0. The van der Waals surface area contributed by atoms with Crippen molar-refractivity contribution in [2.45, 2.75) is 20.0 Å². The van der Waals surface area contributed by atoms with Gasteiger partial charge in [-0.1, -0.05) is 18.2 Å². The van der Waals surface area contributed by atoms with E-state index in [4.69, 9.17) is 10.5 Å². The zero-order chi connectivity index (χ0) is 19.0. The first-order valence-electron chi connectivity index (χ1n) is 8.63. The number of para-hydroxylation sites is 1. The number of benzene rings is 2. The Hall–Kier alpha value is -3.61. The van der Waals surface area contributed by atoms with Gasteiger partial charge in [-0.25, -0.2) is 14.2 Å². The molecule has 4 rings (SSSR count). The van der Waals surface area contributed by atoms with Gasteiger partial charge in [-0.05, 0) is 50.2 Å². The van der Waals surface area contributed by atoms with Gasteiger partial charge in [0.2, 0.25) is 5.65 Å². The number of nitrogens with zero attached hydrogens (tertiary/aromatic N) is 4. The van der Waals surface area contributed by atoms with Crippen LogP contribution in [0.25, 0.3) is 22.6 Å². The molecule has 0 saturated carbocycles. The molecule has 2 heterocycles. The Morgan fingerprint density at radius 2 is 1.74 bits per heavy atom. The van der Waals surface area contributed by atoms with Crippen LogP contribution in [0.2, 0.25) is 0 Å². The lowest BCUT2D eigenvalue weighted by Crippen LogP contribution is -2.19. The van der Waals surface area contributed by atoms with Crippen molar-refractivity contribution in [3.63, 3.8) is 0 Å². The lowest BCUT2D eigenvalue weighted by molar-refractivity contribution is 0.242. The molecule has 27 heavy (non-hydrogen) atoms. The van der Waals surface area contributed by atoms with Crippen LogP contribution in [0.5, 0.6) is 5.75 Å². The summed E-state index contributed by atoms with van der Waals surface area (Å²) in [6.07, 6.45) is 1.75. The molecule has 0 atom stereocenters. The van der Waals surface area contributed by atoms with Gasteiger partial charge in [0.25, 0.3) is 0 Å². The zero-order valence-electron chi connectivity index (χ0n) is 15.0. The SMILES string of the molecule is CC(C)Oc1ccc(-c2cn3c(=O)n(-c4ccccc4)nc3c(N)n2)cc1. The number of rotatable bonds is 4. The Bertz CT molecular complexity index is 1140. The number of hydrogen-bond donors (Lipinski definition) is 1. The van der Waals surface area contributed by atoms with E-state index in [2.05, 4.69) is 10.1 Å². The van der Waals surface area contributed by atoms with Gasteiger partial charge in [0.05, 0.1) is 17.5 Å². The molecule has 2 aromatic heterocycles. The maximum atomic E-state index is 12.8. The third-order valence-electron chi connectivity index (χ3n) is 4.05. The maximum absolute atomic E-state index is 12.8. The standard InChI is InChI=1S/C20H19N5O2/c1-13(2)27-16-10-8-14(9-11-16)17-12-24-19(18(21)22-17)23-25(20(24)26)15-6-4-3-5-7-15/h3-13H,1-2H3,(H2,21,22). The number of fused-ring (bicyclic) bond motifs is 1. The van der Waals surface area contributed by atoms with Crippen molar-refractivity contribution >= 4 is 11.5 Å². The van der Waals surface area contributed by atoms with Crippen molar-refractivity contribution < 1.29 is 4.74 Å². The minimum atomic E-state index is -0.300. The molecule has 0 aliphatic carbocycles. The Morgan fingerprint density at radius 3 is 2.41 bits per heavy atom. The van der Waals surface area contributed by atoms with Crippen molar-refractivity contribution in [1.29, 1.82) is 0 Å². The maximum Gasteiger partial charge on any atom is 0.355 e. The molecular weight excluding hydrogens is 342 g/mol. The van der Waals surface area contributed by atoms with Gasteiger partial charge in [0.15, 0.2) is 5.82 Å². The van der Waals surface area contributed by atoms with Crippen LogP contribution in [0, 0.1) is 0 Å². The second-order valence-corrected chi connectivity index (χ2v) is 6.43. The summed E-state index contributed by atoms with van der Waals surface area (Å²) in [5, 5.41) is 4.32. The van der Waals surface area contributed by atoms with Crippen LogP contribution in [0.15, 0.2) is 65.6 Å². The fourth-order valence-electron chi connectivity index (χ4n) is 2.85. The average molecular weight is 361 g/mol. The number of anilines is 1. The van der Waals surface area contributed by atoms with Gasteiger partial charge < -0.3 is 10.5 Å². The van der Waals surface area contributed by atoms with E-state index in [1.807, 2.05) is 68.4 Å². The van der Waals surface area contributed by atoms with Gasteiger partial charge >= 0.3 is 5.69 Å². The largest absolute Gasteiger partial charge is 0.491 e. The molecule has 0 aliphatic heterocycles. The second kappa shape index (κ2) is 6.60. The second-order valence-electron chi connectivity index (χ2n) is 6.43. The van der Waals surface area contributed by atoms with E-state index in [0.29, 0.717) is 17.0 Å². The van der Waals surface area contributed by atoms with E-state index in [9.17, 15) is 4.79 Å². The van der Waals surface area contributed by atoms with E-state index in [1.165, 1.54) is 9.08 Å². The van der Waals surface area contributed by atoms with Crippen molar-refractivity contribution in [2.75, 3.05) is 5.73 Å². The van der Waals surface area contributed by atoms with E-state index < -0.39 is 0 Å². The highest BCUT2D eigenvalue weighted by molar-refractivity contribution is 5.67. The van der Waals surface area contributed by atoms with Crippen molar-refractivity contribution in [3.05, 3.63) is 71.3 Å². The molecule has 2 aromatic carbocycles. The highest BCUT2D eigenvalue weighted by Gasteiger charge is 2.14. The van der Waals surface area contributed by atoms with Gasteiger partial charge in [-0.3, -0.25) is 0 Å². The van der Waals surface area contributed by atoms with Crippen molar-refractivity contribution in [1.82, 2.24) is 19.2 Å². The van der Waals surface area contributed by atoms with Crippen molar-refractivity contribution in [3.8, 4) is 22.7 Å². The van der Waals surface area contributed by atoms with Gasteiger partial charge in [0.1, 0.15) is 5.75 Å². The van der Waals surface area contributed by atoms with Crippen LogP contribution in [0.3, 0.4) is 0 Å². The Kier molecular flexibility index (Phi) is 4.12. The predicted octanol–water partition coefficient (Wildman–Crippen LogP) is 2.92. The molecule has 0 unspecified atom stereocenters. The molecular formula is C20H19N5O2. The first-order valence-corrected chi connectivity index (χ1v) is 8.63. The number of nitrogens with two attached hydrogens (primary N) is 1. The molecule has 0 saturated heterocycles. The number of aromatic nitrogens is 4. The van der Waals surface area contributed by atoms with Gasteiger partial charge in [-0.15, -0.1) is 5.10 Å². The molecule has 0 radical (unpaired) electrons. The molecule has 7 heteroatoms. The monoisotopic (exact) mass is 361 g/mol. The molecule has 7 nitrogen and oxygen atoms in total. The molecule has 136 valence electrons. The topological polar surface area (TPSA) is 87.4 Å². The molecule has 0 amide bonds. The molecule has 2 N–H and O–H groups in total. The molecule has 4 aromatic rings. The summed E-state index contributed by atoms with van der Waals surface area (Å²) in [4.78, 5) is 17.2. The van der Waals surface area contributed by atoms with Gasteiger partial charge in [0, 0.05) is 11.8 Å². The third-order valence-corrected chi connectivity index (χ3v) is 4.05. The Labute approximate surface area is 155 Å². The minimum absolute atomic E-state index is 0.100. The fraction of sp³-hybridized carbons (Fsp3) is 0.150. The van der Waals surface area contributed by atoms with E-state index in [-0.39, 0.29) is 17.6 Å². The van der Waals surface area contributed by atoms with Crippen LogP contribution in [0.4, 0.5) is 5.82 Å². The average Bonchev–Trinajstić information content (AvgIpc) is 3.00. The van der Waals surface area contributed by atoms with E-state index >= 15 is 0 Å². The van der Waals surface area contributed by atoms with Crippen molar-refractivity contribution in [2.24, 2.45) is 0 Å². The van der Waals surface area contributed by atoms with Crippen LogP contribution >= 0.6 is 0 Å². The summed E-state index contributed by atoms with van der Waals surface area (Å²) in [5.74, 6) is 0.971. The Balaban J connectivity index is 1.80. The lowest BCUT2D eigenvalue weighted by atomic mass is 10.1. The number of ether oxygens (including phenoxy) is 1. The summed E-state index contributed by atoms with van der Waals surface area (Å²) in [7, 11) is 0. The van der Waals surface area contributed by atoms with Crippen LogP contribution < -0.4 is 16.2 Å². The first kappa shape index (κ1) is 16.8. The molecule has 0 aliphatic rings. The van der Waals surface area contributed by atoms with Crippen LogP contribution in [-0.2, 0) is 0 Å². The minimum Gasteiger partial charge on any atom is -0.491 e. The molecule has 0 spiro atoms. The quantitative estimate of drug-likeness (QED) is 0.604. The van der Waals surface area contributed by atoms with Crippen LogP contribution in [-0.4, -0.2) is 25.3 Å².